The number of piperidine rings is 1. The SMILES string of the molecule is CCOC(=O)C[C@H]1CCCN(C(=O)[C@@H](C)Oc2ccc3c(-c4sccc4C)cc(=O)oc3c2)C1. The summed E-state index contributed by atoms with van der Waals surface area (Å²) < 4.78 is 16.4. The molecule has 0 N–H and O–H groups in total. The van der Waals surface area contributed by atoms with Crippen molar-refractivity contribution in [3.63, 3.8) is 0 Å². The predicted octanol–water partition coefficient (Wildman–Crippen LogP) is 4.79. The van der Waals surface area contributed by atoms with Gasteiger partial charge in [-0.1, -0.05) is 0 Å². The van der Waals surface area contributed by atoms with E-state index in [-0.39, 0.29) is 17.8 Å². The third-order valence-electron chi connectivity index (χ3n) is 6.07. The predicted molar refractivity (Wildman–Crippen MR) is 131 cm³/mol. The van der Waals surface area contributed by atoms with Crippen LogP contribution in [0.15, 0.2) is 44.9 Å². The molecular formula is C26H29NO6S. The van der Waals surface area contributed by atoms with Crippen molar-refractivity contribution in [1.29, 1.82) is 0 Å². The van der Waals surface area contributed by atoms with Gasteiger partial charge in [0.2, 0.25) is 0 Å². The number of carbonyl (C=O) groups is 2. The highest BCUT2D eigenvalue weighted by atomic mass is 32.1. The molecule has 0 spiro atoms. The molecule has 0 bridgehead atoms. The first-order valence-electron chi connectivity index (χ1n) is 11.6. The molecule has 1 aliphatic rings. The fraction of sp³-hybridized carbons (Fsp3) is 0.423. The van der Waals surface area contributed by atoms with Crippen LogP contribution in [0.4, 0.5) is 0 Å². The molecule has 2 atom stereocenters. The van der Waals surface area contributed by atoms with Crippen LogP contribution in [-0.4, -0.2) is 42.6 Å². The Morgan fingerprint density at radius 1 is 1.26 bits per heavy atom. The zero-order valence-corrected chi connectivity index (χ0v) is 20.5. The number of thiophene rings is 1. The lowest BCUT2D eigenvalue weighted by Gasteiger charge is -2.34. The van der Waals surface area contributed by atoms with Crippen molar-refractivity contribution in [2.75, 3.05) is 19.7 Å². The maximum atomic E-state index is 13.0. The van der Waals surface area contributed by atoms with Gasteiger partial charge in [-0.25, -0.2) is 4.79 Å². The van der Waals surface area contributed by atoms with E-state index in [0.717, 1.165) is 34.2 Å². The van der Waals surface area contributed by atoms with E-state index in [1.54, 1.807) is 42.2 Å². The average molecular weight is 484 g/mol. The molecule has 0 aliphatic carbocycles. The Morgan fingerprint density at radius 2 is 2.09 bits per heavy atom. The highest BCUT2D eigenvalue weighted by molar-refractivity contribution is 7.13. The smallest absolute Gasteiger partial charge is 0.336 e. The number of benzene rings is 1. The van der Waals surface area contributed by atoms with Gasteiger partial charge in [0, 0.05) is 41.0 Å². The molecule has 1 amide bonds. The van der Waals surface area contributed by atoms with Crippen LogP contribution in [0.25, 0.3) is 21.4 Å². The van der Waals surface area contributed by atoms with Crippen molar-refractivity contribution >= 4 is 34.2 Å². The number of aryl methyl sites for hydroxylation is 1. The zero-order valence-electron chi connectivity index (χ0n) is 19.7. The minimum absolute atomic E-state index is 0.0954. The Hall–Kier alpha value is -3.13. The zero-order chi connectivity index (χ0) is 24.2. The second-order valence-electron chi connectivity index (χ2n) is 8.63. The summed E-state index contributed by atoms with van der Waals surface area (Å²) in [6.07, 6.45) is 1.35. The van der Waals surface area contributed by atoms with Crippen LogP contribution in [-0.2, 0) is 14.3 Å². The van der Waals surface area contributed by atoms with Gasteiger partial charge in [0.1, 0.15) is 11.3 Å². The summed E-state index contributed by atoms with van der Waals surface area (Å²) in [5.74, 6) is 0.202. The van der Waals surface area contributed by atoms with E-state index in [4.69, 9.17) is 13.9 Å². The summed E-state index contributed by atoms with van der Waals surface area (Å²) in [6, 6.07) is 8.83. The van der Waals surface area contributed by atoms with E-state index in [0.29, 0.717) is 37.4 Å². The molecule has 3 heterocycles. The van der Waals surface area contributed by atoms with Gasteiger partial charge >= 0.3 is 11.6 Å². The molecule has 2 aromatic heterocycles. The molecule has 0 saturated carbocycles. The number of ether oxygens (including phenoxy) is 2. The van der Waals surface area contributed by atoms with Gasteiger partial charge in [-0.3, -0.25) is 9.59 Å². The van der Waals surface area contributed by atoms with Crippen molar-refractivity contribution in [3.8, 4) is 16.2 Å². The number of likely N-dealkylation sites (tertiary alicyclic amines) is 1. The third-order valence-corrected chi connectivity index (χ3v) is 7.12. The van der Waals surface area contributed by atoms with E-state index in [9.17, 15) is 14.4 Å². The maximum Gasteiger partial charge on any atom is 0.336 e. The lowest BCUT2D eigenvalue weighted by atomic mass is 9.94. The molecule has 3 aromatic rings. The monoisotopic (exact) mass is 483 g/mol. The van der Waals surface area contributed by atoms with E-state index in [1.807, 2.05) is 24.4 Å². The lowest BCUT2D eigenvalue weighted by Crippen LogP contribution is -2.46. The largest absolute Gasteiger partial charge is 0.481 e. The second kappa shape index (κ2) is 10.4. The van der Waals surface area contributed by atoms with Gasteiger partial charge < -0.3 is 18.8 Å². The second-order valence-corrected chi connectivity index (χ2v) is 9.55. The first-order valence-corrected chi connectivity index (χ1v) is 12.5. The molecule has 0 radical (unpaired) electrons. The number of carbonyl (C=O) groups excluding carboxylic acids is 2. The van der Waals surface area contributed by atoms with Gasteiger partial charge in [0.05, 0.1) is 13.0 Å². The molecule has 1 saturated heterocycles. The first-order chi connectivity index (χ1) is 16.4. The molecule has 1 aliphatic heterocycles. The number of amides is 1. The first kappa shape index (κ1) is 24.0. The van der Waals surface area contributed by atoms with E-state index < -0.39 is 11.7 Å². The summed E-state index contributed by atoms with van der Waals surface area (Å²) in [6.45, 7) is 7.02. The van der Waals surface area contributed by atoms with E-state index in [2.05, 4.69) is 0 Å². The molecule has 4 rings (SSSR count). The highest BCUT2D eigenvalue weighted by Crippen LogP contribution is 2.35. The highest BCUT2D eigenvalue weighted by Gasteiger charge is 2.29. The van der Waals surface area contributed by atoms with E-state index >= 15 is 0 Å². The molecule has 1 aromatic carbocycles. The Balaban J connectivity index is 1.48. The van der Waals surface area contributed by atoms with Crippen LogP contribution in [0.5, 0.6) is 5.75 Å². The molecule has 1 fully saturated rings. The summed E-state index contributed by atoms with van der Waals surface area (Å²) >= 11 is 1.58. The molecule has 0 unspecified atom stereocenters. The minimum Gasteiger partial charge on any atom is -0.481 e. The van der Waals surface area contributed by atoms with Crippen LogP contribution >= 0.6 is 11.3 Å². The molecule has 7 nitrogen and oxygen atoms in total. The maximum absolute atomic E-state index is 13.0. The Morgan fingerprint density at radius 3 is 2.82 bits per heavy atom. The van der Waals surface area contributed by atoms with Crippen molar-refractivity contribution in [2.45, 2.75) is 46.1 Å². The van der Waals surface area contributed by atoms with Crippen LogP contribution in [0.1, 0.15) is 38.7 Å². The quantitative estimate of drug-likeness (QED) is 0.355. The fourth-order valence-corrected chi connectivity index (χ4v) is 5.41. The van der Waals surface area contributed by atoms with Crippen LogP contribution in [0, 0.1) is 12.8 Å². The normalized spacial score (nSPS) is 16.9. The summed E-state index contributed by atoms with van der Waals surface area (Å²) in [7, 11) is 0. The molecular weight excluding hydrogens is 454 g/mol. The summed E-state index contributed by atoms with van der Waals surface area (Å²) in [5.41, 5.74) is 1.91. The number of hydrogen-bond acceptors (Lipinski definition) is 7. The van der Waals surface area contributed by atoms with E-state index in [1.165, 1.54) is 6.07 Å². The number of fused-ring (bicyclic) bond motifs is 1. The number of nitrogens with zero attached hydrogens (tertiary/aromatic N) is 1. The van der Waals surface area contributed by atoms with Gasteiger partial charge in [0.15, 0.2) is 6.10 Å². The third kappa shape index (κ3) is 5.33. The fourth-order valence-electron chi connectivity index (χ4n) is 4.45. The van der Waals surface area contributed by atoms with Gasteiger partial charge in [-0.15, -0.1) is 11.3 Å². The average Bonchev–Trinajstić information content (AvgIpc) is 3.23. The van der Waals surface area contributed by atoms with Crippen LogP contribution < -0.4 is 10.4 Å². The van der Waals surface area contributed by atoms with Gasteiger partial charge in [-0.05, 0) is 68.7 Å². The Bertz CT molecular complexity index is 1250. The summed E-state index contributed by atoms with van der Waals surface area (Å²) in [4.78, 5) is 39.9. The van der Waals surface area contributed by atoms with Crippen molar-refractivity contribution in [3.05, 3.63) is 51.7 Å². The van der Waals surface area contributed by atoms with Crippen LogP contribution in [0.2, 0.25) is 0 Å². The number of esters is 1. The van der Waals surface area contributed by atoms with Crippen molar-refractivity contribution in [2.24, 2.45) is 5.92 Å². The standard InChI is InChI=1S/C26H29NO6S/c1-4-31-23(28)12-18-6-5-10-27(15-18)26(30)17(3)32-19-7-8-20-21(25-16(2)9-11-34-25)14-24(29)33-22(20)13-19/h7-9,11,13-14,17-18H,4-6,10,12,15H2,1-3H3/t17-,18-/m1/s1. The topological polar surface area (TPSA) is 86.0 Å². The summed E-state index contributed by atoms with van der Waals surface area (Å²) in [5, 5.41) is 2.81. The van der Waals surface area contributed by atoms with Gasteiger partial charge in [0.25, 0.3) is 5.91 Å². The molecule has 34 heavy (non-hydrogen) atoms. The number of hydrogen-bond donors (Lipinski definition) is 0. The van der Waals surface area contributed by atoms with Crippen molar-refractivity contribution < 1.29 is 23.5 Å². The Labute approximate surface area is 202 Å². The molecule has 8 heteroatoms. The van der Waals surface area contributed by atoms with Crippen LogP contribution in [0.3, 0.4) is 0 Å². The number of rotatable bonds is 7. The Kier molecular flexibility index (Phi) is 7.36. The lowest BCUT2D eigenvalue weighted by molar-refractivity contribution is -0.147. The minimum atomic E-state index is -0.715. The van der Waals surface area contributed by atoms with Gasteiger partial charge in [-0.2, -0.15) is 0 Å². The molecule has 180 valence electrons. The van der Waals surface area contributed by atoms with Crippen molar-refractivity contribution in [1.82, 2.24) is 4.90 Å².